The van der Waals surface area contributed by atoms with Crippen LogP contribution < -0.4 is 4.74 Å². The Kier molecular flexibility index (Phi) is 1.76. The summed E-state index contributed by atoms with van der Waals surface area (Å²) in [5.41, 5.74) is 0. The van der Waals surface area contributed by atoms with E-state index in [0.29, 0.717) is 0 Å². The molecule has 3 nitrogen and oxygen atoms in total. The van der Waals surface area contributed by atoms with Crippen LogP contribution in [0.4, 0.5) is 13.2 Å². The van der Waals surface area contributed by atoms with Crippen molar-refractivity contribution in [1.29, 1.82) is 0 Å². The van der Waals surface area contributed by atoms with Crippen molar-refractivity contribution < 1.29 is 17.9 Å². The summed E-state index contributed by atoms with van der Waals surface area (Å²) in [5, 5.41) is 0. The van der Waals surface area contributed by atoms with E-state index in [0.717, 1.165) is 0 Å². The number of rotatable bonds is 1. The normalized spacial score (nSPS) is 11.6. The summed E-state index contributed by atoms with van der Waals surface area (Å²) in [6.07, 6.45) is -1.33. The molecule has 0 fully saturated rings. The molecule has 1 aromatic rings. The summed E-state index contributed by atoms with van der Waals surface area (Å²) in [5.74, 6) is -0.569. The predicted molar refractivity (Wildman–Crippen MR) is 28.7 cm³/mol. The summed E-state index contributed by atoms with van der Waals surface area (Å²) in [6, 6.07) is 0. The zero-order chi connectivity index (χ0) is 8.48. The van der Waals surface area contributed by atoms with E-state index in [4.69, 9.17) is 0 Å². The molecule has 0 N–H and O–H groups in total. The molecule has 0 amide bonds. The first-order chi connectivity index (χ1) is 4.97. The van der Waals surface area contributed by atoms with Gasteiger partial charge in [0.25, 0.3) is 0 Å². The number of hydrogen-bond acceptors (Lipinski definition) is 2. The molecule has 0 bridgehead atoms. The van der Waals surface area contributed by atoms with Gasteiger partial charge in [-0.25, -0.2) is 4.98 Å². The lowest BCUT2D eigenvalue weighted by molar-refractivity contribution is -0.276. The number of hydrogen-bond donors (Lipinski definition) is 0. The largest absolute Gasteiger partial charge is 0.574 e. The number of ether oxygens (including phenoxy) is 1. The Morgan fingerprint density at radius 1 is 1.64 bits per heavy atom. The fraction of sp³-hybridized carbons (Fsp3) is 0.400. The van der Waals surface area contributed by atoms with E-state index in [1.54, 1.807) is 0 Å². The highest BCUT2D eigenvalue weighted by Gasteiger charge is 2.32. The van der Waals surface area contributed by atoms with Crippen molar-refractivity contribution in [3.63, 3.8) is 0 Å². The standard InChI is InChI=1S/C5H4F3N2O/c1-10-2-4(9-3-10)11-5(6,7)8/h3H,1H3. The third-order valence-corrected chi connectivity index (χ3v) is 0.833. The van der Waals surface area contributed by atoms with Crippen molar-refractivity contribution in [2.24, 2.45) is 7.05 Å². The molecular weight excluding hydrogens is 161 g/mol. The fourth-order valence-electron chi connectivity index (χ4n) is 0.506. The number of imidazole rings is 1. The van der Waals surface area contributed by atoms with Gasteiger partial charge >= 0.3 is 6.36 Å². The quantitative estimate of drug-likeness (QED) is 0.623. The van der Waals surface area contributed by atoms with Gasteiger partial charge in [0.1, 0.15) is 6.20 Å². The SMILES string of the molecule is Cn1[c]c(OC(F)(F)F)nc1. The second-order valence-corrected chi connectivity index (χ2v) is 1.82. The highest BCUT2D eigenvalue weighted by Crippen LogP contribution is 2.19. The third-order valence-electron chi connectivity index (χ3n) is 0.833. The Morgan fingerprint density at radius 2 is 2.27 bits per heavy atom. The summed E-state index contributed by atoms with van der Waals surface area (Å²) in [6.45, 7) is 0. The average Bonchev–Trinajstić information content (AvgIpc) is 2.10. The van der Waals surface area contributed by atoms with Gasteiger partial charge in [0.15, 0.2) is 0 Å². The van der Waals surface area contributed by atoms with Crippen LogP contribution in [0.3, 0.4) is 0 Å². The van der Waals surface area contributed by atoms with E-state index >= 15 is 0 Å². The van der Waals surface area contributed by atoms with Crippen molar-refractivity contribution in [2.75, 3.05) is 0 Å². The van der Waals surface area contributed by atoms with Crippen LogP contribution in [0.5, 0.6) is 5.88 Å². The molecule has 1 heterocycles. The minimum atomic E-state index is -4.69. The molecule has 0 aromatic carbocycles. The molecule has 0 spiro atoms. The van der Waals surface area contributed by atoms with Crippen LogP contribution >= 0.6 is 0 Å². The summed E-state index contributed by atoms with van der Waals surface area (Å²) >= 11 is 0. The van der Waals surface area contributed by atoms with Gasteiger partial charge in [0.2, 0.25) is 5.88 Å². The third kappa shape index (κ3) is 2.48. The van der Waals surface area contributed by atoms with Crippen molar-refractivity contribution in [2.45, 2.75) is 6.36 Å². The first kappa shape index (κ1) is 7.90. The molecule has 0 aliphatic rings. The van der Waals surface area contributed by atoms with Crippen LogP contribution in [-0.2, 0) is 7.05 Å². The predicted octanol–water partition coefficient (Wildman–Crippen LogP) is 1.12. The van der Waals surface area contributed by atoms with Crippen LogP contribution in [0.1, 0.15) is 0 Å². The lowest BCUT2D eigenvalue weighted by atomic mass is 10.8. The molecule has 11 heavy (non-hydrogen) atoms. The highest BCUT2D eigenvalue weighted by atomic mass is 19.4. The van der Waals surface area contributed by atoms with Gasteiger partial charge in [-0.05, 0) is 0 Å². The number of halogens is 3. The smallest absolute Gasteiger partial charge is 0.385 e. The van der Waals surface area contributed by atoms with E-state index in [9.17, 15) is 13.2 Å². The number of aryl methyl sites for hydroxylation is 1. The highest BCUT2D eigenvalue weighted by molar-refractivity contribution is 5.00. The molecule has 0 unspecified atom stereocenters. The van der Waals surface area contributed by atoms with Crippen LogP contribution in [0, 0.1) is 6.20 Å². The zero-order valence-corrected chi connectivity index (χ0v) is 5.51. The van der Waals surface area contributed by atoms with Crippen LogP contribution in [-0.4, -0.2) is 15.9 Å². The molecule has 0 atom stereocenters. The summed E-state index contributed by atoms with van der Waals surface area (Å²) in [7, 11) is 1.50. The van der Waals surface area contributed by atoms with Crippen LogP contribution in [0.15, 0.2) is 6.33 Å². The second-order valence-electron chi connectivity index (χ2n) is 1.82. The molecule has 1 aromatic heterocycles. The van der Waals surface area contributed by atoms with Gasteiger partial charge in [-0.2, -0.15) is 0 Å². The Bertz CT molecular complexity index is 242. The van der Waals surface area contributed by atoms with Crippen molar-refractivity contribution in [1.82, 2.24) is 9.55 Å². The Morgan fingerprint density at radius 3 is 2.64 bits per heavy atom. The lowest BCUT2D eigenvalue weighted by Crippen LogP contribution is -2.17. The van der Waals surface area contributed by atoms with Gasteiger partial charge in [0, 0.05) is 7.05 Å². The average molecular weight is 165 g/mol. The second kappa shape index (κ2) is 2.44. The number of aromatic nitrogens is 2. The zero-order valence-electron chi connectivity index (χ0n) is 5.51. The minimum absolute atomic E-state index is 0.569. The number of alkyl halides is 3. The van der Waals surface area contributed by atoms with Crippen LogP contribution in [0.2, 0.25) is 0 Å². The van der Waals surface area contributed by atoms with Gasteiger partial charge in [-0.1, -0.05) is 0 Å². The van der Waals surface area contributed by atoms with E-state index < -0.39 is 12.2 Å². The monoisotopic (exact) mass is 165 g/mol. The topological polar surface area (TPSA) is 27.1 Å². The van der Waals surface area contributed by atoms with Gasteiger partial charge in [-0.3, -0.25) is 0 Å². The van der Waals surface area contributed by atoms with E-state index in [1.807, 2.05) is 0 Å². The molecule has 1 radical (unpaired) electrons. The Balaban J connectivity index is 2.65. The Hall–Kier alpha value is -1.20. The maximum absolute atomic E-state index is 11.5. The van der Waals surface area contributed by atoms with E-state index in [2.05, 4.69) is 15.9 Å². The number of nitrogens with zero attached hydrogens (tertiary/aromatic N) is 2. The molecule has 0 saturated heterocycles. The van der Waals surface area contributed by atoms with Crippen molar-refractivity contribution in [3.05, 3.63) is 12.5 Å². The molecule has 0 aliphatic carbocycles. The first-order valence-corrected chi connectivity index (χ1v) is 2.64. The minimum Gasteiger partial charge on any atom is -0.385 e. The molecule has 0 saturated carbocycles. The van der Waals surface area contributed by atoms with Gasteiger partial charge in [0.05, 0.1) is 6.33 Å². The van der Waals surface area contributed by atoms with Gasteiger partial charge in [-0.15, -0.1) is 13.2 Å². The molecule has 6 heteroatoms. The maximum Gasteiger partial charge on any atom is 0.574 e. The van der Waals surface area contributed by atoms with Gasteiger partial charge < -0.3 is 9.30 Å². The van der Waals surface area contributed by atoms with E-state index in [1.165, 1.54) is 17.9 Å². The lowest BCUT2D eigenvalue weighted by Gasteiger charge is -2.03. The maximum atomic E-state index is 11.5. The summed E-state index contributed by atoms with van der Waals surface area (Å²) < 4.78 is 39.0. The van der Waals surface area contributed by atoms with Crippen LogP contribution in [0.25, 0.3) is 0 Å². The molecular formula is C5H4F3N2O. The molecule has 0 aliphatic heterocycles. The van der Waals surface area contributed by atoms with Crippen molar-refractivity contribution >= 4 is 0 Å². The fourth-order valence-corrected chi connectivity index (χ4v) is 0.506. The molecule has 61 valence electrons. The van der Waals surface area contributed by atoms with Crippen molar-refractivity contribution in [3.8, 4) is 5.88 Å². The first-order valence-electron chi connectivity index (χ1n) is 2.64. The summed E-state index contributed by atoms with van der Waals surface area (Å²) in [4.78, 5) is 3.27. The van der Waals surface area contributed by atoms with E-state index in [-0.39, 0.29) is 0 Å². The molecule has 1 rings (SSSR count). The Labute approximate surface area is 60.4 Å².